The summed E-state index contributed by atoms with van der Waals surface area (Å²) in [6, 6.07) is 5.67. The second-order valence-corrected chi connectivity index (χ2v) is 9.60. The smallest absolute Gasteiger partial charge is 0.341 e. The Kier molecular flexibility index (Phi) is 6.81. The van der Waals surface area contributed by atoms with E-state index in [0.717, 1.165) is 43.4 Å². The van der Waals surface area contributed by atoms with Crippen LogP contribution in [0, 0.1) is 12.8 Å². The van der Waals surface area contributed by atoms with Gasteiger partial charge in [0.1, 0.15) is 5.56 Å². The lowest BCUT2D eigenvalue weighted by atomic mass is 9.94. The molecule has 2 heterocycles. The number of ether oxygens (including phenoxy) is 1. The fourth-order valence-corrected chi connectivity index (χ4v) is 4.28. The number of carbonyl (C=O) groups is 1. The molecule has 1 aromatic carbocycles. The quantitative estimate of drug-likeness (QED) is 0.570. The van der Waals surface area contributed by atoms with Crippen molar-refractivity contribution >= 4 is 26.9 Å². The number of carboxylic acid groups (broad SMARTS) is 1. The van der Waals surface area contributed by atoms with Crippen LogP contribution in [0.4, 0.5) is 0 Å². The zero-order valence-electron chi connectivity index (χ0n) is 16.9. The number of nitrogens with one attached hydrogen (secondary N) is 2. The standard InChI is InChI=1S/C20H29N3O5S/c1-14-3-4-17-16(13-14)18(20(24)25)19(22-17)28-12-7-15-5-9-23(10-6-15)11-8-21-29(2,26)27/h3-4,13,15,21-22H,5-12H2,1-2H3,(H,24,25). The molecule has 8 nitrogen and oxygen atoms in total. The molecule has 1 aliphatic heterocycles. The van der Waals surface area contributed by atoms with Gasteiger partial charge in [-0.15, -0.1) is 0 Å². The molecule has 1 saturated heterocycles. The van der Waals surface area contributed by atoms with E-state index < -0.39 is 16.0 Å². The maximum absolute atomic E-state index is 11.7. The second-order valence-electron chi connectivity index (χ2n) is 7.77. The van der Waals surface area contributed by atoms with Crippen molar-refractivity contribution in [2.45, 2.75) is 26.2 Å². The second kappa shape index (κ2) is 9.15. The van der Waals surface area contributed by atoms with Crippen LogP contribution in [0.2, 0.25) is 0 Å². The van der Waals surface area contributed by atoms with Gasteiger partial charge in [-0.2, -0.15) is 0 Å². The van der Waals surface area contributed by atoms with E-state index in [-0.39, 0.29) is 5.56 Å². The highest BCUT2D eigenvalue weighted by Gasteiger charge is 2.22. The molecule has 0 unspecified atom stereocenters. The first kappa shape index (κ1) is 21.6. The molecule has 0 aliphatic carbocycles. The lowest BCUT2D eigenvalue weighted by Gasteiger charge is -2.31. The van der Waals surface area contributed by atoms with E-state index in [1.54, 1.807) is 0 Å². The molecule has 1 aromatic heterocycles. The molecule has 3 rings (SSSR count). The van der Waals surface area contributed by atoms with Gasteiger partial charge in [0.15, 0.2) is 0 Å². The first-order valence-electron chi connectivity index (χ1n) is 9.88. The van der Waals surface area contributed by atoms with Gasteiger partial charge in [-0.05, 0) is 57.3 Å². The highest BCUT2D eigenvalue weighted by Crippen LogP contribution is 2.29. The molecule has 0 saturated carbocycles. The van der Waals surface area contributed by atoms with E-state index in [9.17, 15) is 18.3 Å². The first-order chi connectivity index (χ1) is 13.7. The van der Waals surface area contributed by atoms with Crippen LogP contribution in [0.5, 0.6) is 5.88 Å². The molecule has 0 amide bonds. The first-order valence-corrected chi connectivity index (χ1v) is 11.8. The molecule has 0 radical (unpaired) electrons. The van der Waals surface area contributed by atoms with Gasteiger partial charge < -0.3 is 19.7 Å². The molecule has 29 heavy (non-hydrogen) atoms. The number of benzene rings is 1. The summed E-state index contributed by atoms with van der Waals surface area (Å²) in [6.07, 6.45) is 4.09. The van der Waals surface area contributed by atoms with E-state index in [4.69, 9.17) is 4.74 Å². The maximum atomic E-state index is 11.7. The van der Waals surface area contributed by atoms with Crippen molar-refractivity contribution in [3.05, 3.63) is 29.3 Å². The third kappa shape index (κ3) is 5.94. The van der Waals surface area contributed by atoms with Gasteiger partial charge in [0.25, 0.3) is 0 Å². The number of nitrogens with zero attached hydrogens (tertiary/aromatic N) is 1. The lowest BCUT2D eigenvalue weighted by molar-refractivity contribution is 0.0693. The molecular weight excluding hydrogens is 394 g/mol. The largest absolute Gasteiger partial charge is 0.478 e. The average Bonchev–Trinajstić information content (AvgIpc) is 2.99. The molecule has 0 spiro atoms. The topological polar surface area (TPSA) is 112 Å². The number of aryl methyl sites for hydroxylation is 1. The highest BCUT2D eigenvalue weighted by molar-refractivity contribution is 7.88. The maximum Gasteiger partial charge on any atom is 0.341 e. The molecule has 0 atom stereocenters. The number of fused-ring (bicyclic) bond motifs is 1. The summed E-state index contributed by atoms with van der Waals surface area (Å²) >= 11 is 0. The van der Waals surface area contributed by atoms with E-state index in [1.807, 2.05) is 25.1 Å². The van der Waals surface area contributed by atoms with Gasteiger partial charge >= 0.3 is 5.97 Å². The van der Waals surface area contributed by atoms with E-state index in [0.29, 0.717) is 36.9 Å². The number of hydrogen-bond acceptors (Lipinski definition) is 5. The van der Waals surface area contributed by atoms with E-state index in [2.05, 4.69) is 14.6 Å². The zero-order valence-corrected chi connectivity index (χ0v) is 17.7. The van der Waals surface area contributed by atoms with Gasteiger partial charge in [0.2, 0.25) is 15.9 Å². The Morgan fingerprint density at radius 1 is 1.34 bits per heavy atom. The minimum absolute atomic E-state index is 0.192. The highest BCUT2D eigenvalue weighted by atomic mass is 32.2. The van der Waals surface area contributed by atoms with Crippen molar-refractivity contribution in [1.29, 1.82) is 0 Å². The number of hydrogen-bond donors (Lipinski definition) is 3. The number of aromatic nitrogens is 1. The third-order valence-corrected chi connectivity index (χ3v) is 6.13. The Hall–Kier alpha value is -2.10. The minimum Gasteiger partial charge on any atom is -0.478 e. The summed E-state index contributed by atoms with van der Waals surface area (Å²) in [7, 11) is -3.13. The number of piperidine rings is 1. The molecule has 3 N–H and O–H groups in total. The Labute approximate surface area is 171 Å². The normalized spacial score (nSPS) is 16.3. The summed E-state index contributed by atoms with van der Waals surface area (Å²) in [6.45, 7) is 5.41. The van der Waals surface area contributed by atoms with Gasteiger partial charge in [-0.1, -0.05) is 11.6 Å². The molecule has 1 aliphatic rings. The van der Waals surface area contributed by atoms with Gasteiger partial charge in [-0.25, -0.2) is 17.9 Å². The number of sulfonamides is 1. The van der Waals surface area contributed by atoms with Crippen LogP contribution in [0.15, 0.2) is 18.2 Å². The van der Waals surface area contributed by atoms with Gasteiger partial charge in [-0.3, -0.25) is 0 Å². The van der Waals surface area contributed by atoms with Crippen molar-refractivity contribution in [3.8, 4) is 5.88 Å². The number of aromatic amines is 1. The molecular formula is C20H29N3O5S. The molecule has 160 valence electrons. The predicted octanol–water partition coefficient (Wildman–Crippen LogP) is 2.20. The van der Waals surface area contributed by atoms with Crippen LogP contribution >= 0.6 is 0 Å². The van der Waals surface area contributed by atoms with Crippen molar-refractivity contribution in [1.82, 2.24) is 14.6 Å². The Morgan fingerprint density at radius 2 is 2.07 bits per heavy atom. The molecule has 9 heteroatoms. The Morgan fingerprint density at radius 3 is 2.72 bits per heavy atom. The molecule has 2 aromatic rings. The molecule has 1 fully saturated rings. The summed E-state index contributed by atoms with van der Waals surface area (Å²) in [5.74, 6) is -0.149. The van der Waals surface area contributed by atoms with Crippen LogP contribution in [-0.2, 0) is 10.0 Å². The number of carboxylic acids is 1. The Balaban J connectivity index is 1.48. The SMILES string of the molecule is Cc1ccc2[nH]c(OCCC3CCN(CCNS(C)(=O)=O)CC3)c(C(=O)O)c2c1. The minimum atomic E-state index is -3.13. The zero-order chi connectivity index (χ0) is 21.0. The van der Waals surface area contributed by atoms with E-state index in [1.165, 1.54) is 6.26 Å². The van der Waals surface area contributed by atoms with Gasteiger partial charge in [0.05, 0.1) is 12.9 Å². The number of H-pyrrole nitrogens is 1. The average molecular weight is 424 g/mol. The van der Waals surface area contributed by atoms with Crippen molar-refractivity contribution < 1.29 is 23.1 Å². The Bertz CT molecular complexity index is 962. The van der Waals surface area contributed by atoms with E-state index >= 15 is 0 Å². The summed E-state index contributed by atoms with van der Waals surface area (Å²) in [5.41, 5.74) is 1.96. The summed E-state index contributed by atoms with van der Waals surface area (Å²) in [5, 5.41) is 10.3. The van der Waals surface area contributed by atoms with Crippen LogP contribution in [-0.4, -0.2) is 68.4 Å². The van der Waals surface area contributed by atoms with Crippen LogP contribution in [0.25, 0.3) is 10.9 Å². The molecule has 0 bridgehead atoms. The fourth-order valence-electron chi connectivity index (χ4n) is 3.82. The number of rotatable bonds is 9. The lowest BCUT2D eigenvalue weighted by Crippen LogP contribution is -2.39. The number of likely N-dealkylation sites (tertiary alicyclic amines) is 1. The van der Waals surface area contributed by atoms with Gasteiger partial charge in [0, 0.05) is 24.0 Å². The monoisotopic (exact) mass is 423 g/mol. The van der Waals surface area contributed by atoms with Crippen molar-refractivity contribution in [2.24, 2.45) is 5.92 Å². The van der Waals surface area contributed by atoms with Crippen LogP contribution in [0.1, 0.15) is 35.2 Å². The van der Waals surface area contributed by atoms with Crippen molar-refractivity contribution in [2.75, 3.05) is 39.0 Å². The third-order valence-electron chi connectivity index (χ3n) is 5.41. The van der Waals surface area contributed by atoms with Crippen LogP contribution in [0.3, 0.4) is 0 Å². The number of aromatic carboxylic acids is 1. The fraction of sp³-hybridized carbons (Fsp3) is 0.550. The summed E-state index contributed by atoms with van der Waals surface area (Å²) in [4.78, 5) is 17.1. The van der Waals surface area contributed by atoms with Crippen molar-refractivity contribution in [3.63, 3.8) is 0 Å². The summed E-state index contributed by atoms with van der Waals surface area (Å²) < 4.78 is 30.6. The predicted molar refractivity (Wildman–Crippen MR) is 112 cm³/mol. The van der Waals surface area contributed by atoms with Crippen LogP contribution < -0.4 is 9.46 Å².